The van der Waals surface area contributed by atoms with Gasteiger partial charge in [0.05, 0.1) is 6.10 Å². The molecule has 29 heavy (non-hydrogen) atoms. The summed E-state index contributed by atoms with van der Waals surface area (Å²) in [6.45, 7) is 0.261. The highest BCUT2D eigenvalue weighted by Gasteiger charge is 2.10. The van der Waals surface area contributed by atoms with Crippen molar-refractivity contribution >= 4 is 16.9 Å². The summed E-state index contributed by atoms with van der Waals surface area (Å²) >= 11 is 0. The van der Waals surface area contributed by atoms with Gasteiger partial charge in [-0.1, -0.05) is 30.3 Å². The van der Waals surface area contributed by atoms with Crippen molar-refractivity contribution in [3.05, 3.63) is 65.9 Å². The van der Waals surface area contributed by atoms with Crippen LogP contribution >= 0.6 is 0 Å². The van der Waals surface area contributed by atoms with Crippen molar-refractivity contribution in [3.8, 4) is 5.75 Å². The molecule has 3 N–H and O–H groups in total. The van der Waals surface area contributed by atoms with Crippen LogP contribution in [0.25, 0.3) is 11.0 Å². The Bertz CT molecular complexity index is 909. The number of aliphatic hydroxyl groups excluding tert-OH is 1. The summed E-state index contributed by atoms with van der Waals surface area (Å²) in [7, 11) is 0. The summed E-state index contributed by atoms with van der Waals surface area (Å²) in [6, 6.07) is 15.6. The number of aliphatic hydroxyl groups is 1. The molecule has 0 saturated heterocycles. The molecule has 0 aliphatic rings. The molecule has 1 unspecified atom stereocenters. The third kappa shape index (κ3) is 5.92. The van der Waals surface area contributed by atoms with E-state index in [1.54, 1.807) is 12.1 Å². The van der Waals surface area contributed by atoms with Gasteiger partial charge >= 0.3 is 6.61 Å². The lowest BCUT2D eigenvalue weighted by Crippen LogP contribution is -2.39. The zero-order valence-corrected chi connectivity index (χ0v) is 15.9. The van der Waals surface area contributed by atoms with Crippen LogP contribution in [0.1, 0.15) is 24.4 Å². The number of hydrogen-bond donors (Lipinski definition) is 3. The molecule has 0 saturated carbocycles. The molecule has 0 aliphatic carbocycles. The third-order valence-electron chi connectivity index (χ3n) is 4.17. The zero-order chi connectivity index (χ0) is 20.6. The van der Waals surface area contributed by atoms with Crippen LogP contribution < -0.4 is 15.4 Å². The first kappa shape index (κ1) is 20.6. The number of rotatable bonds is 8. The number of guanidine groups is 1. The Labute approximate surface area is 167 Å². The van der Waals surface area contributed by atoms with Gasteiger partial charge in [0, 0.05) is 18.5 Å². The lowest BCUT2D eigenvalue weighted by molar-refractivity contribution is -0.0498. The number of benzene rings is 2. The van der Waals surface area contributed by atoms with Crippen molar-refractivity contribution in [1.29, 1.82) is 0 Å². The Morgan fingerprint density at radius 1 is 1.14 bits per heavy atom. The Kier molecular flexibility index (Phi) is 7.02. The molecule has 3 aromatic rings. The van der Waals surface area contributed by atoms with E-state index in [0.717, 1.165) is 16.7 Å². The standard InChI is InChI=1S/C21H23F2N3O3/c1-2-24-21(25-12-17-11-15-5-3-4-6-19(15)28-17)26-13-18(27)14-7-9-16(10-8-14)29-20(22)23/h3-11,18,20,27H,2,12-13H2,1H3,(H2,24,25,26). The second kappa shape index (κ2) is 9.88. The number of nitrogens with zero attached hydrogens (tertiary/aromatic N) is 1. The number of hydrogen-bond acceptors (Lipinski definition) is 4. The van der Waals surface area contributed by atoms with Crippen LogP contribution in [-0.4, -0.2) is 30.8 Å². The van der Waals surface area contributed by atoms with Gasteiger partial charge in [0.2, 0.25) is 0 Å². The molecule has 0 aliphatic heterocycles. The average molecular weight is 403 g/mol. The molecule has 0 amide bonds. The summed E-state index contributed by atoms with van der Waals surface area (Å²) < 4.78 is 34.5. The van der Waals surface area contributed by atoms with Crippen molar-refractivity contribution in [1.82, 2.24) is 10.6 Å². The van der Waals surface area contributed by atoms with Gasteiger partial charge in [-0.2, -0.15) is 8.78 Å². The van der Waals surface area contributed by atoms with Gasteiger partial charge in [0.15, 0.2) is 5.96 Å². The minimum absolute atomic E-state index is 0.0460. The highest BCUT2D eigenvalue weighted by atomic mass is 19.3. The van der Waals surface area contributed by atoms with Gasteiger partial charge < -0.3 is 24.9 Å². The second-order valence-corrected chi connectivity index (χ2v) is 6.29. The first-order valence-electron chi connectivity index (χ1n) is 9.27. The number of fused-ring (bicyclic) bond motifs is 1. The molecule has 6 nitrogen and oxygen atoms in total. The van der Waals surface area contributed by atoms with Gasteiger partial charge in [-0.3, -0.25) is 0 Å². The first-order chi connectivity index (χ1) is 14.0. The van der Waals surface area contributed by atoms with E-state index in [2.05, 4.69) is 20.4 Å². The normalized spacial score (nSPS) is 12.9. The Balaban J connectivity index is 1.58. The van der Waals surface area contributed by atoms with Crippen LogP contribution in [0.4, 0.5) is 8.78 Å². The molecule has 0 radical (unpaired) electrons. The van der Waals surface area contributed by atoms with E-state index in [1.807, 2.05) is 37.3 Å². The van der Waals surface area contributed by atoms with E-state index >= 15 is 0 Å². The second-order valence-electron chi connectivity index (χ2n) is 6.29. The van der Waals surface area contributed by atoms with Crippen LogP contribution in [-0.2, 0) is 6.54 Å². The largest absolute Gasteiger partial charge is 0.459 e. The topological polar surface area (TPSA) is 79.0 Å². The maximum Gasteiger partial charge on any atom is 0.387 e. The van der Waals surface area contributed by atoms with E-state index in [4.69, 9.17) is 4.42 Å². The fourth-order valence-electron chi connectivity index (χ4n) is 2.80. The molecule has 1 heterocycles. The number of para-hydroxylation sites is 1. The molecule has 154 valence electrons. The number of aliphatic imine (C=N–C) groups is 1. The highest BCUT2D eigenvalue weighted by Crippen LogP contribution is 2.20. The Morgan fingerprint density at radius 3 is 2.59 bits per heavy atom. The number of ether oxygens (including phenoxy) is 1. The molecule has 3 rings (SSSR count). The zero-order valence-electron chi connectivity index (χ0n) is 15.9. The quantitative estimate of drug-likeness (QED) is 0.394. The monoisotopic (exact) mass is 403 g/mol. The van der Waals surface area contributed by atoms with Crippen LogP contribution in [0.15, 0.2) is 64.0 Å². The maximum atomic E-state index is 12.2. The van der Waals surface area contributed by atoms with Crippen molar-refractivity contribution in [2.45, 2.75) is 26.2 Å². The molecule has 1 atom stereocenters. The number of halogens is 2. The predicted molar refractivity (Wildman–Crippen MR) is 107 cm³/mol. The maximum absolute atomic E-state index is 12.2. The lowest BCUT2D eigenvalue weighted by Gasteiger charge is -2.16. The molecular weight excluding hydrogens is 380 g/mol. The van der Waals surface area contributed by atoms with Gasteiger partial charge in [-0.15, -0.1) is 0 Å². The smallest absolute Gasteiger partial charge is 0.387 e. The van der Waals surface area contributed by atoms with E-state index in [-0.39, 0.29) is 12.3 Å². The highest BCUT2D eigenvalue weighted by molar-refractivity contribution is 5.80. The van der Waals surface area contributed by atoms with E-state index in [0.29, 0.717) is 24.6 Å². The lowest BCUT2D eigenvalue weighted by atomic mass is 10.1. The number of nitrogens with one attached hydrogen (secondary N) is 2. The molecule has 0 fully saturated rings. The number of alkyl halides is 2. The first-order valence-corrected chi connectivity index (χ1v) is 9.27. The minimum Gasteiger partial charge on any atom is -0.459 e. The van der Waals surface area contributed by atoms with Gasteiger partial charge in [0.25, 0.3) is 0 Å². The molecule has 0 spiro atoms. The van der Waals surface area contributed by atoms with E-state index in [9.17, 15) is 13.9 Å². The minimum atomic E-state index is -2.88. The fourth-order valence-corrected chi connectivity index (χ4v) is 2.80. The molecule has 1 aromatic heterocycles. The number of furan rings is 1. The van der Waals surface area contributed by atoms with Crippen molar-refractivity contribution in [2.75, 3.05) is 13.1 Å². The molecular formula is C21H23F2N3O3. The summed E-state index contributed by atoms with van der Waals surface area (Å²) in [5.41, 5.74) is 1.39. The van der Waals surface area contributed by atoms with Crippen molar-refractivity contribution in [3.63, 3.8) is 0 Å². The Morgan fingerprint density at radius 2 is 1.90 bits per heavy atom. The Hall–Kier alpha value is -3.13. The van der Waals surface area contributed by atoms with Crippen LogP contribution in [0, 0.1) is 0 Å². The van der Waals surface area contributed by atoms with Crippen LogP contribution in [0.2, 0.25) is 0 Å². The summed E-state index contributed by atoms with van der Waals surface area (Å²) in [4.78, 5) is 4.48. The van der Waals surface area contributed by atoms with Crippen LogP contribution in [0.5, 0.6) is 5.75 Å². The van der Waals surface area contributed by atoms with Crippen molar-refractivity contribution in [2.24, 2.45) is 4.99 Å². The third-order valence-corrected chi connectivity index (χ3v) is 4.17. The van der Waals surface area contributed by atoms with Crippen molar-refractivity contribution < 1.29 is 23.0 Å². The SMILES string of the molecule is CCNC(=NCc1cc2ccccc2o1)NCC(O)c1ccc(OC(F)F)cc1. The van der Waals surface area contributed by atoms with Gasteiger partial charge in [-0.25, -0.2) is 4.99 Å². The van der Waals surface area contributed by atoms with Gasteiger partial charge in [0.1, 0.15) is 23.6 Å². The molecule has 8 heteroatoms. The molecule has 0 bridgehead atoms. The molecule has 2 aromatic carbocycles. The van der Waals surface area contributed by atoms with Gasteiger partial charge in [-0.05, 0) is 36.8 Å². The summed E-state index contributed by atoms with van der Waals surface area (Å²) in [6.07, 6.45) is -0.842. The summed E-state index contributed by atoms with van der Waals surface area (Å²) in [5, 5.41) is 17.5. The average Bonchev–Trinajstić information content (AvgIpc) is 3.13. The van der Waals surface area contributed by atoms with E-state index in [1.165, 1.54) is 12.1 Å². The fraction of sp³-hybridized carbons (Fsp3) is 0.286. The van der Waals surface area contributed by atoms with E-state index < -0.39 is 12.7 Å². The summed E-state index contributed by atoms with van der Waals surface area (Å²) in [5.74, 6) is 1.31. The predicted octanol–water partition coefficient (Wildman–Crippen LogP) is 3.82. The van der Waals surface area contributed by atoms with Crippen LogP contribution in [0.3, 0.4) is 0 Å².